The Kier molecular flexibility index (Phi) is 5.48. The molecular formula is C19H20N4O3. The van der Waals surface area contributed by atoms with Gasteiger partial charge in [0, 0.05) is 23.4 Å². The first-order valence-corrected chi connectivity index (χ1v) is 8.33. The summed E-state index contributed by atoms with van der Waals surface area (Å²) in [4.78, 5) is 16.2. The van der Waals surface area contributed by atoms with E-state index in [4.69, 9.17) is 9.26 Å². The maximum Gasteiger partial charge on any atom is 0.319 e. The van der Waals surface area contributed by atoms with E-state index < -0.39 is 0 Å². The van der Waals surface area contributed by atoms with Crippen molar-refractivity contribution < 1.29 is 14.1 Å². The van der Waals surface area contributed by atoms with Gasteiger partial charge >= 0.3 is 6.03 Å². The summed E-state index contributed by atoms with van der Waals surface area (Å²) in [7, 11) is 1.60. The molecule has 134 valence electrons. The lowest BCUT2D eigenvalue weighted by Crippen LogP contribution is -2.29. The molecule has 0 aliphatic heterocycles. The Morgan fingerprint density at radius 1 is 1.15 bits per heavy atom. The molecule has 2 N–H and O–H groups in total. The Bertz CT molecular complexity index is 892. The predicted octanol–water partition coefficient (Wildman–Crippen LogP) is 3.94. The number of aromatic nitrogens is 2. The molecule has 0 unspecified atom stereocenters. The maximum atomic E-state index is 11.8. The molecule has 26 heavy (non-hydrogen) atoms. The minimum absolute atomic E-state index is 0.241. The van der Waals surface area contributed by atoms with Gasteiger partial charge in [-0.3, -0.25) is 0 Å². The molecule has 3 rings (SSSR count). The standard InChI is InChI=1S/C19H20N4O3/c1-3-10-20-19(24)21-15-8-4-6-13(11-15)17-22-18(26-23-17)14-7-5-9-16(12-14)25-2/h4-9,11-12H,3,10H2,1-2H3,(H2,20,21,24). The van der Waals surface area contributed by atoms with Crippen LogP contribution in [0.3, 0.4) is 0 Å². The summed E-state index contributed by atoms with van der Waals surface area (Å²) in [6.45, 7) is 2.62. The van der Waals surface area contributed by atoms with Crippen molar-refractivity contribution in [1.29, 1.82) is 0 Å². The van der Waals surface area contributed by atoms with Crippen molar-refractivity contribution in [2.45, 2.75) is 13.3 Å². The number of anilines is 1. The Labute approximate surface area is 151 Å². The maximum absolute atomic E-state index is 11.8. The average Bonchev–Trinajstić information content (AvgIpc) is 3.17. The van der Waals surface area contributed by atoms with E-state index in [1.165, 1.54) is 0 Å². The molecule has 0 radical (unpaired) electrons. The van der Waals surface area contributed by atoms with Gasteiger partial charge in [0.1, 0.15) is 5.75 Å². The van der Waals surface area contributed by atoms with E-state index in [0.717, 1.165) is 17.5 Å². The van der Waals surface area contributed by atoms with E-state index in [-0.39, 0.29) is 6.03 Å². The van der Waals surface area contributed by atoms with E-state index in [1.54, 1.807) is 19.2 Å². The number of urea groups is 1. The van der Waals surface area contributed by atoms with Gasteiger partial charge in [0.25, 0.3) is 5.89 Å². The van der Waals surface area contributed by atoms with Crippen LogP contribution in [0.4, 0.5) is 10.5 Å². The first-order valence-electron chi connectivity index (χ1n) is 8.33. The lowest BCUT2D eigenvalue weighted by molar-refractivity contribution is 0.252. The van der Waals surface area contributed by atoms with Crippen LogP contribution in [-0.4, -0.2) is 29.8 Å². The normalized spacial score (nSPS) is 10.4. The molecule has 0 aliphatic carbocycles. The summed E-state index contributed by atoms with van der Waals surface area (Å²) in [6, 6.07) is 14.4. The first kappa shape index (κ1) is 17.5. The number of carbonyl (C=O) groups excluding carboxylic acids is 1. The SMILES string of the molecule is CCCNC(=O)Nc1cccc(-c2noc(-c3cccc(OC)c3)n2)c1. The molecule has 0 bridgehead atoms. The van der Waals surface area contributed by atoms with Gasteiger partial charge in [0.2, 0.25) is 5.82 Å². The molecular weight excluding hydrogens is 332 g/mol. The molecule has 1 aromatic heterocycles. The third kappa shape index (κ3) is 4.18. The molecule has 2 amide bonds. The highest BCUT2D eigenvalue weighted by molar-refractivity contribution is 5.89. The highest BCUT2D eigenvalue weighted by Crippen LogP contribution is 2.26. The van der Waals surface area contributed by atoms with Crippen molar-refractivity contribution in [2.75, 3.05) is 19.0 Å². The van der Waals surface area contributed by atoms with Crippen molar-refractivity contribution in [3.8, 4) is 28.6 Å². The van der Waals surface area contributed by atoms with E-state index in [9.17, 15) is 4.79 Å². The summed E-state index contributed by atoms with van der Waals surface area (Å²) in [6.07, 6.45) is 0.878. The first-order chi connectivity index (χ1) is 12.7. The van der Waals surface area contributed by atoms with Crippen LogP contribution in [0.1, 0.15) is 13.3 Å². The largest absolute Gasteiger partial charge is 0.497 e. The number of ether oxygens (including phenoxy) is 1. The third-order valence-electron chi connectivity index (χ3n) is 3.66. The van der Waals surface area contributed by atoms with E-state index in [1.807, 2.05) is 43.3 Å². The molecule has 2 aromatic carbocycles. The minimum atomic E-state index is -0.241. The number of amides is 2. The van der Waals surface area contributed by atoms with Gasteiger partial charge < -0.3 is 19.9 Å². The van der Waals surface area contributed by atoms with Crippen LogP contribution in [0, 0.1) is 0 Å². The smallest absolute Gasteiger partial charge is 0.319 e. The van der Waals surface area contributed by atoms with E-state index in [0.29, 0.717) is 29.7 Å². The number of hydrogen-bond donors (Lipinski definition) is 2. The number of rotatable bonds is 6. The van der Waals surface area contributed by atoms with Crippen molar-refractivity contribution >= 4 is 11.7 Å². The van der Waals surface area contributed by atoms with Gasteiger partial charge in [-0.1, -0.05) is 30.3 Å². The predicted molar refractivity (Wildman–Crippen MR) is 99.0 cm³/mol. The quantitative estimate of drug-likeness (QED) is 0.701. The second-order valence-corrected chi connectivity index (χ2v) is 5.62. The monoisotopic (exact) mass is 352 g/mol. The Morgan fingerprint density at radius 3 is 2.77 bits per heavy atom. The molecule has 0 atom stereocenters. The molecule has 0 saturated carbocycles. The summed E-state index contributed by atoms with van der Waals surface area (Å²) >= 11 is 0. The Hall–Kier alpha value is -3.35. The third-order valence-corrected chi connectivity index (χ3v) is 3.66. The fourth-order valence-electron chi connectivity index (χ4n) is 2.36. The van der Waals surface area contributed by atoms with Crippen molar-refractivity contribution in [1.82, 2.24) is 15.5 Å². The molecule has 0 aliphatic rings. The number of nitrogens with zero attached hydrogens (tertiary/aromatic N) is 2. The van der Waals surface area contributed by atoms with Crippen LogP contribution in [0.2, 0.25) is 0 Å². The zero-order valence-electron chi connectivity index (χ0n) is 14.7. The minimum Gasteiger partial charge on any atom is -0.497 e. The number of nitrogens with one attached hydrogen (secondary N) is 2. The Balaban J connectivity index is 1.78. The number of hydrogen-bond acceptors (Lipinski definition) is 5. The van der Waals surface area contributed by atoms with Gasteiger partial charge in [0.15, 0.2) is 0 Å². The van der Waals surface area contributed by atoms with Gasteiger partial charge in [-0.15, -0.1) is 0 Å². The lowest BCUT2D eigenvalue weighted by Gasteiger charge is -2.07. The zero-order chi connectivity index (χ0) is 18.4. The van der Waals surface area contributed by atoms with Crippen LogP contribution in [0.25, 0.3) is 22.8 Å². The summed E-state index contributed by atoms with van der Waals surface area (Å²) in [5.74, 6) is 1.56. The highest BCUT2D eigenvalue weighted by Gasteiger charge is 2.12. The molecule has 0 spiro atoms. The van der Waals surface area contributed by atoms with Crippen LogP contribution in [0.15, 0.2) is 53.1 Å². The summed E-state index contributed by atoms with van der Waals surface area (Å²) < 4.78 is 10.6. The molecule has 7 nitrogen and oxygen atoms in total. The van der Waals surface area contributed by atoms with Crippen molar-refractivity contribution in [3.63, 3.8) is 0 Å². The zero-order valence-corrected chi connectivity index (χ0v) is 14.7. The molecule has 3 aromatic rings. The lowest BCUT2D eigenvalue weighted by atomic mass is 10.2. The molecule has 0 saturated heterocycles. The second kappa shape index (κ2) is 8.15. The van der Waals surface area contributed by atoms with Crippen LogP contribution >= 0.6 is 0 Å². The molecule has 7 heteroatoms. The average molecular weight is 352 g/mol. The summed E-state index contributed by atoms with van der Waals surface area (Å²) in [5, 5.41) is 9.59. The fraction of sp³-hybridized carbons (Fsp3) is 0.211. The van der Waals surface area contributed by atoms with Gasteiger partial charge in [-0.25, -0.2) is 4.79 Å². The van der Waals surface area contributed by atoms with E-state index >= 15 is 0 Å². The number of benzene rings is 2. The molecule has 1 heterocycles. The number of methoxy groups -OCH3 is 1. The van der Waals surface area contributed by atoms with Gasteiger partial charge in [0.05, 0.1) is 7.11 Å². The van der Waals surface area contributed by atoms with Gasteiger partial charge in [-0.05, 0) is 36.8 Å². The van der Waals surface area contributed by atoms with Gasteiger partial charge in [-0.2, -0.15) is 4.98 Å². The molecule has 0 fully saturated rings. The van der Waals surface area contributed by atoms with E-state index in [2.05, 4.69) is 20.8 Å². The van der Waals surface area contributed by atoms with Crippen molar-refractivity contribution in [2.24, 2.45) is 0 Å². The highest BCUT2D eigenvalue weighted by atomic mass is 16.5. The topological polar surface area (TPSA) is 89.3 Å². The second-order valence-electron chi connectivity index (χ2n) is 5.62. The van der Waals surface area contributed by atoms with Crippen LogP contribution < -0.4 is 15.4 Å². The summed E-state index contributed by atoms with van der Waals surface area (Å²) in [5.41, 5.74) is 2.18. The Morgan fingerprint density at radius 2 is 1.96 bits per heavy atom. The van der Waals surface area contributed by atoms with Crippen LogP contribution in [-0.2, 0) is 0 Å². The van der Waals surface area contributed by atoms with Crippen molar-refractivity contribution in [3.05, 3.63) is 48.5 Å². The van der Waals surface area contributed by atoms with Crippen LogP contribution in [0.5, 0.6) is 5.75 Å². The fourth-order valence-corrected chi connectivity index (χ4v) is 2.36. The number of carbonyl (C=O) groups is 1.